The number of rotatable bonds is 1. The summed E-state index contributed by atoms with van der Waals surface area (Å²) in [5.41, 5.74) is 1.89. The van der Waals surface area contributed by atoms with Crippen LogP contribution in [-0.2, 0) is 4.79 Å². The second-order valence-electron chi connectivity index (χ2n) is 6.88. The fraction of sp³-hybridized carbons (Fsp3) is 0.500. The van der Waals surface area contributed by atoms with Gasteiger partial charge in [-0.05, 0) is 32.0 Å². The molecule has 6 nitrogen and oxygen atoms in total. The molecule has 24 heavy (non-hydrogen) atoms. The average molecular weight is 325 g/mol. The van der Waals surface area contributed by atoms with Crippen LogP contribution in [0.2, 0.25) is 0 Å². The van der Waals surface area contributed by atoms with Crippen molar-refractivity contribution in [3.63, 3.8) is 0 Å². The van der Waals surface area contributed by atoms with Crippen molar-refractivity contribution in [2.75, 3.05) is 38.1 Å². The van der Waals surface area contributed by atoms with Gasteiger partial charge in [-0.3, -0.25) is 14.7 Å². The highest BCUT2D eigenvalue weighted by Crippen LogP contribution is 2.32. The number of benzene rings is 1. The first-order valence-corrected chi connectivity index (χ1v) is 8.61. The van der Waals surface area contributed by atoms with Crippen LogP contribution < -0.4 is 10.2 Å². The Morgan fingerprint density at radius 3 is 2.88 bits per heavy atom. The lowest BCUT2D eigenvalue weighted by atomic mass is 9.86. The number of piperazine rings is 1. The van der Waals surface area contributed by atoms with Gasteiger partial charge in [0.05, 0.1) is 17.2 Å². The van der Waals surface area contributed by atoms with Crippen molar-refractivity contribution in [3.05, 3.63) is 30.5 Å². The zero-order valence-corrected chi connectivity index (χ0v) is 14.0. The summed E-state index contributed by atoms with van der Waals surface area (Å²) in [6.45, 7) is 3.56. The van der Waals surface area contributed by atoms with Crippen molar-refractivity contribution < 1.29 is 4.79 Å². The second-order valence-corrected chi connectivity index (χ2v) is 6.88. The van der Waals surface area contributed by atoms with E-state index in [9.17, 15) is 4.79 Å². The van der Waals surface area contributed by atoms with E-state index in [0.717, 1.165) is 55.9 Å². The number of nitrogens with one attached hydrogen (secondary N) is 1. The molecule has 6 heteroatoms. The number of amides is 1. The number of hydrogen-bond donors (Lipinski definition) is 1. The molecule has 2 aliphatic rings. The Balaban J connectivity index is 1.62. The summed E-state index contributed by atoms with van der Waals surface area (Å²) in [6.07, 6.45) is 4.35. The number of hydrogen-bond acceptors (Lipinski definition) is 5. The summed E-state index contributed by atoms with van der Waals surface area (Å²) in [5, 5.41) is 3.00. The smallest absolute Gasteiger partial charge is 0.220 e. The lowest BCUT2D eigenvalue weighted by molar-refractivity contribution is -0.120. The molecule has 2 saturated heterocycles. The fourth-order valence-electron chi connectivity index (χ4n) is 3.89. The van der Waals surface area contributed by atoms with Gasteiger partial charge < -0.3 is 10.2 Å². The van der Waals surface area contributed by atoms with Crippen molar-refractivity contribution >= 4 is 22.8 Å². The maximum Gasteiger partial charge on any atom is 0.220 e. The highest BCUT2D eigenvalue weighted by Gasteiger charge is 2.41. The minimum atomic E-state index is 0.0325. The molecule has 1 aromatic carbocycles. The van der Waals surface area contributed by atoms with Crippen LogP contribution in [0.5, 0.6) is 0 Å². The van der Waals surface area contributed by atoms with E-state index in [1.54, 1.807) is 0 Å². The molecule has 2 fully saturated rings. The minimum absolute atomic E-state index is 0.0325. The molecule has 1 N–H and O–H groups in total. The number of likely N-dealkylation sites (N-methyl/N-ethyl adjacent to an activating group) is 1. The van der Waals surface area contributed by atoms with Crippen LogP contribution in [0.25, 0.3) is 11.0 Å². The number of aromatic nitrogens is 2. The van der Waals surface area contributed by atoms with Crippen LogP contribution in [0.15, 0.2) is 30.5 Å². The van der Waals surface area contributed by atoms with Gasteiger partial charge in [-0.25, -0.2) is 4.98 Å². The average Bonchev–Trinajstić information content (AvgIpc) is 2.79. The molecule has 1 atom stereocenters. The Morgan fingerprint density at radius 2 is 2.00 bits per heavy atom. The maximum absolute atomic E-state index is 11.7. The molecular weight excluding hydrogens is 302 g/mol. The lowest BCUT2D eigenvalue weighted by Crippen LogP contribution is -2.61. The standard InChI is InChI=1S/C18H23N5O/c1-22-10-11-23(13-18(22)7-6-17(24)19-9-8-18)16-12-20-14-4-2-3-5-15(14)21-16/h2-5,12H,6-11,13H2,1H3,(H,19,24)/t18-/m0/s1. The molecule has 2 aliphatic heterocycles. The van der Waals surface area contributed by atoms with E-state index in [1.165, 1.54) is 0 Å². The predicted molar refractivity (Wildman–Crippen MR) is 94.0 cm³/mol. The topological polar surface area (TPSA) is 61.4 Å². The van der Waals surface area contributed by atoms with E-state index in [0.29, 0.717) is 6.42 Å². The number of carbonyl (C=O) groups excluding carboxylic acids is 1. The third kappa shape index (κ3) is 2.71. The summed E-state index contributed by atoms with van der Waals surface area (Å²) < 4.78 is 0. The van der Waals surface area contributed by atoms with Gasteiger partial charge in [-0.15, -0.1) is 0 Å². The van der Waals surface area contributed by atoms with Crippen molar-refractivity contribution in [1.82, 2.24) is 20.2 Å². The van der Waals surface area contributed by atoms with Gasteiger partial charge >= 0.3 is 0 Å². The van der Waals surface area contributed by atoms with Gasteiger partial charge in [-0.2, -0.15) is 0 Å². The van der Waals surface area contributed by atoms with E-state index in [2.05, 4.69) is 27.1 Å². The Kier molecular flexibility index (Phi) is 3.84. The minimum Gasteiger partial charge on any atom is -0.356 e. The van der Waals surface area contributed by atoms with Crippen LogP contribution in [0, 0.1) is 0 Å². The van der Waals surface area contributed by atoms with Crippen molar-refractivity contribution in [2.45, 2.75) is 24.8 Å². The Bertz CT molecular complexity index is 764. The van der Waals surface area contributed by atoms with Gasteiger partial charge in [-0.1, -0.05) is 12.1 Å². The third-order valence-corrected chi connectivity index (χ3v) is 5.49. The molecule has 0 radical (unpaired) electrons. The highest BCUT2D eigenvalue weighted by molar-refractivity contribution is 5.76. The third-order valence-electron chi connectivity index (χ3n) is 5.49. The Hall–Kier alpha value is -2.21. The van der Waals surface area contributed by atoms with Crippen molar-refractivity contribution in [3.8, 4) is 0 Å². The van der Waals surface area contributed by atoms with Gasteiger partial charge in [0.1, 0.15) is 5.82 Å². The van der Waals surface area contributed by atoms with Crippen LogP contribution >= 0.6 is 0 Å². The normalized spacial score (nSPS) is 25.7. The Morgan fingerprint density at radius 1 is 1.17 bits per heavy atom. The van der Waals surface area contributed by atoms with E-state index in [-0.39, 0.29) is 11.4 Å². The number of fused-ring (bicyclic) bond motifs is 1. The predicted octanol–water partition coefficient (Wildman–Crippen LogP) is 1.42. The van der Waals surface area contributed by atoms with Crippen LogP contribution in [0.4, 0.5) is 5.82 Å². The summed E-state index contributed by atoms with van der Waals surface area (Å²) >= 11 is 0. The second kappa shape index (κ2) is 6.02. The van der Waals surface area contributed by atoms with Crippen LogP contribution in [0.3, 0.4) is 0 Å². The van der Waals surface area contributed by atoms with Gasteiger partial charge in [0, 0.05) is 38.1 Å². The van der Waals surface area contributed by atoms with E-state index in [4.69, 9.17) is 4.98 Å². The Labute approximate surface area is 141 Å². The SMILES string of the molecule is CN1CCN(c2cnc3ccccc3n2)C[C@]12CCNC(=O)CC2. The molecule has 3 heterocycles. The number of nitrogens with zero attached hydrogens (tertiary/aromatic N) is 4. The largest absolute Gasteiger partial charge is 0.356 e. The fourth-order valence-corrected chi connectivity index (χ4v) is 3.89. The van der Waals surface area contributed by atoms with Gasteiger partial charge in [0.25, 0.3) is 0 Å². The number of anilines is 1. The maximum atomic E-state index is 11.7. The zero-order chi connectivity index (χ0) is 16.6. The molecule has 1 aromatic heterocycles. The summed E-state index contributed by atoms with van der Waals surface area (Å²) in [4.78, 5) is 25.9. The zero-order valence-electron chi connectivity index (χ0n) is 14.0. The van der Waals surface area contributed by atoms with E-state index in [1.807, 2.05) is 30.5 Å². The molecule has 0 saturated carbocycles. The number of para-hydroxylation sites is 2. The van der Waals surface area contributed by atoms with Gasteiger partial charge in [0.15, 0.2) is 0 Å². The molecule has 0 aliphatic carbocycles. The van der Waals surface area contributed by atoms with E-state index < -0.39 is 0 Å². The van der Waals surface area contributed by atoms with E-state index >= 15 is 0 Å². The summed E-state index contributed by atoms with van der Waals surface area (Å²) in [5.74, 6) is 1.10. The molecule has 1 spiro atoms. The molecule has 0 unspecified atom stereocenters. The van der Waals surface area contributed by atoms with Crippen molar-refractivity contribution in [1.29, 1.82) is 0 Å². The lowest BCUT2D eigenvalue weighted by Gasteiger charge is -2.49. The molecule has 4 rings (SSSR count). The van der Waals surface area contributed by atoms with Crippen LogP contribution in [0.1, 0.15) is 19.3 Å². The quantitative estimate of drug-likeness (QED) is 0.859. The summed E-state index contributed by atoms with van der Waals surface area (Å²) in [7, 11) is 2.18. The first-order chi connectivity index (χ1) is 11.7. The highest BCUT2D eigenvalue weighted by atomic mass is 16.1. The van der Waals surface area contributed by atoms with Crippen LogP contribution in [-0.4, -0.2) is 59.5 Å². The molecule has 126 valence electrons. The summed E-state index contributed by atoms with van der Waals surface area (Å²) in [6, 6.07) is 7.97. The van der Waals surface area contributed by atoms with Crippen molar-refractivity contribution in [2.24, 2.45) is 0 Å². The number of carbonyl (C=O) groups is 1. The molecular formula is C18H23N5O. The molecule has 2 aromatic rings. The molecule has 1 amide bonds. The monoisotopic (exact) mass is 325 g/mol. The van der Waals surface area contributed by atoms with Gasteiger partial charge in [0.2, 0.25) is 5.91 Å². The first-order valence-electron chi connectivity index (χ1n) is 8.61. The first kappa shape index (κ1) is 15.3. The molecule has 0 bridgehead atoms.